The third-order valence-electron chi connectivity index (χ3n) is 7.37. The molecule has 0 radical (unpaired) electrons. The molecule has 0 spiro atoms. The van der Waals surface area contributed by atoms with Crippen molar-refractivity contribution < 1.29 is 42.9 Å². The van der Waals surface area contributed by atoms with Gasteiger partial charge in [-0.1, -0.05) is 10.4 Å². The normalized spacial score (nSPS) is 26.2. The molecule has 2 aliphatic heterocycles. The highest BCUT2D eigenvalue weighted by Gasteiger charge is 2.47. The van der Waals surface area contributed by atoms with Gasteiger partial charge in [0.15, 0.2) is 0 Å². The Hall–Kier alpha value is -3.46. The molecule has 0 unspecified atom stereocenters. The van der Waals surface area contributed by atoms with Crippen LogP contribution in [0.4, 0.5) is 13.6 Å². The Morgan fingerprint density at radius 3 is 2.51 bits per heavy atom. The molecular formula is C25H29F2N5O7. The van der Waals surface area contributed by atoms with E-state index in [4.69, 9.17) is 19.1 Å². The zero-order valence-corrected chi connectivity index (χ0v) is 21.1. The lowest BCUT2D eigenvalue weighted by atomic mass is 9.90. The molecule has 3 N–H and O–H groups in total. The highest BCUT2D eigenvalue weighted by Crippen LogP contribution is 2.35. The number of hydrogen-bond donors (Lipinski definition) is 3. The van der Waals surface area contributed by atoms with Crippen LogP contribution in [0.2, 0.25) is 0 Å². The van der Waals surface area contributed by atoms with Crippen LogP contribution in [0.3, 0.4) is 0 Å². The molecule has 14 heteroatoms. The minimum atomic E-state index is -1.24. The Balaban J connectivity index is 1.35. The molecule has 5 rings (SSSR count). The van der Waals surface area contributed by atoms with Crippen LogP contribution in [0.25, 0.3) is 11.3 Å². The largest absolute Gasteiger partial charge is 0.465 e. The first-order chi connectivity index (χ1) is 18.8. The number of aliphatic hydroxyl groups is 2. The molecule has 0 bridgehead atoms. The number of halogens is 2. The molecular weight excluding hydrogens is 520 g/mol. The molecule has 39 heavy (non-hydrogen) atoms. The molecule has 2 aliphatic rings. The molecule has 1 amide bonds. The summed E-state index contributed by atoms with van der Waals surface area (Å²) in [4.78, 5) is 12.5. The van der Waals surface area contributed by atoms with Gasteiger partial charge >= 0.3 is 6.09 Å². The topological polar surface area (TPSA) is 156 Å². The van der Waals surface area contributed by atoms with Crippen molar-refractivity contribution in [2.45, 2.75) is 55.6 Å². The van der Waals surface area contributed by atoms with Crippen molar-refractivity contribution in [2.24, 2.45) is 0 Å². The highest BCUT2D eigenvalue weighted by atomic mass is 19.1. The van der Waals surface area contributed by atoms with Gasteiger partial charge in [0.05, 0.1) is 24.6 Å². The Morgan fingerprint density at radius 1 is 1.15 bits per heavy atom. The standard InChI is InChI=1S/C25H29F2N5O7/c1-37-24-20(10-17-9-18(29-39-17)13-2-4-31(5-3-13)25(35)36)38-21(12-33)23(34)22(24)32-11-19(28-30-32)14-6-15(26)8-16(27)7-14/h6-9,11,13,20-24,33-34H,2-5,10,12H2,1H3,(H,35,36)/t20-,21-,22+,23+,24+/m1/s1. The number of aromatic nitrogens is 4. The third-order valence-corrected chi connectivity index (χ3v) is 7.37. The van der Waals surface area contributed by atoms with Gasteiger partial charge in [-0.2, -0.15) is 0 Å². The van der Waals surface area contributed by atoms with Crippen molar-refractivity contribution in [2.75, 3.05) is 26.8 Å². The van der Waals surface area contributed by atoms with Crippen LogP contribution in [-0.2, 0) is 15.9 Å². The van der Waals surface area contributed by atoms with Gasteiger partial charge in [0, 0.05) is 50.2 Å². The number of piperidine rings is 1. The van der Waals surface area contributed by atoms with E-state index >= 15 is 0 Å². The molecule has 210 valence electrons. The number of hydrogen-bond acceptors (Lipinski definition) is 9. The second-order valence-electron chi connectivity index (χ2n) is 9.79. The summed E-state index contributed by atoms with van der Waals surface area (Å²) in [5.74, 6) is -0.969. The molecule has 12 nitrogen and oxygen atoms in total. The van der Waals surface area contributed by atoms with Crippen LogP contribution in [-0.4, -0.2) is 97.7 Å². The van der Waals surface area contributed by atoms with E-state index in [0.717, 1.165) is 23.9 Å². The predicted octanol–water partition coefficient (Wildman–Crippen LogP) is 1.99. The number of likely N-dealkylation sites (tertiary alicyclic amines) is 1. The van der Waals surface area contributed by atoms with Crippen molar-refractivity contribution in [3.8, 4) is 11.3 Å². The number of carboxylic acid groups (broad SMARTS) is 1. The quantitative estimate of drug-likeness (QED) is 0.398. The summed E-state index contributed by atoms with van der Waals surface area (Å²) in [6.45, 7) is 0.351. The van der Waals surface area contributed by atoms with Crippen LogP contribution < -0.4 is 0 Å². The number of ether oxygens (including phenoxy) is 2. The Bertz CT molecular complexity index is 1280. The maximum absolute atomic E-state index is 13.7. The smallest absolute Gasteiger partial charge is 0.407 e. The van der Waals surface area contributed by atoms with Gasteiger partial charge in [-0.05, 0) is 25.0 Å². The lowest BCUT2D eigenvalue weighted by Crippen LogP contribution is -2.57. The zero-order valence-electron chi connectivity index (χ0n) is 21.1. The number of methoxy groups -OCH3 is 1. The third kappa shape index (κ3) is 5.64. The molecule has 2 fully saturated rings. The molecule has 4 heterocycles. The van der Waals surface area contributed by atoms with E-state index in [1.54, 1.807) is 6.07 Å². The first kappa shape index (κ1) is 27.1. The van der Waals surface area contributed by atoms with Crippen molar-refractivity contribution in [1.82, 2.24) is 25.1 Å². The lowest BCUT2D eigenvalue weighted by molar-refractivity contribution is -0.212. The Morgan fingerprint density at radius 2 is 1.87 bits per heavy atom. The average Bonchev–Trinajstić information content (AvgIpc) is 3.59. The van der Waals surface area contributed by atoms with Gasteiger partial charge in [-0.25, -0.2) is 18.3 Å². The minimum absolute atomic E-state index is 0.0598. The van der Waals surface area contributed by atoms with Crippen molar-refractivity contribution in [1.29, 1.82) is 0 Å². The van der Waals surface area contributed by atoms with Crippen molar-refractivity contribution in [3.05, 3.63) is 53.6 Å². The monoisotopic (exact) mass is 549 g/mol. The number of nitrogens with zero attached hydrogens (tertiary/aromatic N) is 5. The summed E-state index contributed by atoms with van der Waals surface area (Å²) >= 11 is 0. The number of amides is 1. The van der Waals surface area contributed by atoms with Gasteiger partial charge < -0.3 is 34.2 Å². The van der Waals surface area contributed by atoms with Gasteiger partial charge in [0.1, 0.15) is 47.4 Å². The number of carbonyl (C=O) groups is 1. The first-order valence-corrected chi connectivity index (χ1v) is 12.6. The first-order valence-electron chi connectivity index (χ1n) is 12.6. The van der Waals surface area contributed by atoms with Crippen molar-refractivity contribution in [3.63, 3.8) is 0 Å². The summed E-state index contributed by atoms with van der Waals surface area (Å²) in [6, 6.07) is 3.95. The van der Waals surface area contributed by atoms with Gasteiger partial charge in [-0.15, -0.1) is 5.10 Å². The SMILES string of the molecule is CO[C@@H]1[C@@H](n2cc(-c3cc(F)cc(F)c3)nn2)[C@@H](O)[C@@H](CO)O[C@@H]1Cc1cc(C2CCN(C(=O)O)CC2)no1. The van der Waals surface area contributed by atoms with Crippen LogP contribution in [0.1, 0.15) is 36.3 Å². The zero-order chi connectivity index (χ0) is 27.7. The Labute approximate surface area is 221 Å². The molecule has 2 saturated heterocycles. The summed E-state index contributed by atoms with van der Waals surface area (Å²) in [5, 5.41) is 42.4. The summed E-state index contributed by atoms with van der Waals surface area (Å²) in [7, 11) is 1.45. The van der Waals surface area contributed by atoms with Gasteiger partial charge in [-0.3, -0.25) is 0 Å². The van der Waals surface area contributed by atoms with Gasteiger partial charge in [0.2, 0.25) is 0 Å². The van der Waals surface area contributed by atoms with E-state index in [0.29, 0.717) is 31.7 Å². The summed E-state index contributed by atoms with van der Waals surface area (Å²) < 4.78 is 46.1. The minimum Gasteiger partial charge on any atom is -0.465 e. The molecule has 0 aliphatic carbocycles. The maximum Gasteiger partial charge on any atom is 0.407 e. The van der Waals surface area contributed by atoms with Crippen LogP contribution in [0.15, 0.2) is 35.0 Å². The Kier molecular flexibility index (Phi) is 7.88. The highest BCUT2D eigenvalue weighted by molar-refractivity contribution is 5.65. The van der Waals surface area contributed by atoms with E-state index in [1.165, 1.54) is 22.9 Å². The van der Waals surface area contributed by atoms with E-state index in [2.05, 4.69) is 15.5 Å². The van der Waals surface area contributed by atoms with E-state index in [-0.39, 0.29) is 23.6 Å². The second-order valence-corrected chi connectivity index (χ2v) is 9.79. The molecule has 0 saturated carbocycles. The maximum atomic E-state index is 13.7. The van der Waals surface area contributed by atoms with Crippen LogP contribution in [0.5, 0.6) is 0 Å². The fourth-order valence-electron chi connectivity index (χ4n) is 5.37. The lowest BCUT2D eigenvalue weighted by Gasteiger charge is -2.43. The van der Waals surface area contributed by atoms with Crippen molar-refractivity contribution >= 4 is 6.09 Å². The van der Waals surface area contributed by atoms with Gasteiger partial charge in [0.25, 0.3) is 0 Å². The molecule has 1 aromatic carbocycles. The molecule has 5 atom stereocenters. The number of aliphatic hydroxyl groups excluding tert-OH is 2. The second kappa shape index (κ2) is 11.3. The van der Waals surface area contributed by atoms with Crippen LogP contribution in [0, 0.1) is 11.6 Å². The van der Waals surface area contributed by atoms with E-state index in [1.807, 2.05) is 0 Å². The van der Waals surface area contributed by atoms with Crippen LogP contribution >= 0.6 is 0 Å². The van der Waals surface area contributed by atoms with E-state index < -0.39 is 54.8 Å². The predicted molar refractivity (Wildman–Crippen MR) is 129 cm³/mol. The fraction of sp³-hybridized carbons (Fsp3) is 0.520. The average molecular weight is 550 g/mol. The summed E-state index contributed by atoms with van der Waals surface area (Å²) in [6.07, 6.45) is -1.70. The molecule has 2 aromatic heterocycles. The fourth-order valence-corrected chi connectivity index (χ4v) is 5.37. The molecule has 3 aromatic rings. The number of rotatable bonds is 7. The summed E-state index contributed by atoms with van der Waals surface area (Å²) in [5.41, 5.74) is 1.08. The van der Waals surface area contributed by atoms with E-state index in [9.17, 15) is 23.8 Å². The number of benzene rings is 1.